The van der Waals surface area contributed by atoms with Crippen molar-refractivity contribution in [2.24, 2.45) is 11.8 Å². The van der Waals surface area contributed by atoms with Crippen molar-refractivity contribution >= 4 is 10.0 Å². The average molecular weight is 408 g/mol. The second-order valence-corrected chi connectivity index (χ2v) is 10.4. The fraction of sp³-hybridized carbons (Fsp3) is 0.714. The zero-order chi connectivity index (χ0) is 19.6. The molecule has 4 fully saturated rings. The van der Waals surface area contributed by atoms with E-state index in [0.717, 1.165) is 32.7 Å². The first kappa shape index (κ1) is 20.3. The normalized spacial score (nSPS) is 33.4. The van der Waals surface area contributed by atoms with E-state index in [1.165, 1.54) is 25.8 Å². The van der Waals surface area contributed by atoms with E-state index in [1.807, 2.05) is 6.07 Å². The van der Waals surface area contributed by atoms with Crippen molar-refractivity contribution in [2.75, 3.05) is 46.4 Å². The molecule has 0 aromatic heterocycles. The molecule has 4 aliphatic heterocycles. The van der Waals surface area contributed by atoms with E-state index >= 15 is 0 Å². The Morgan fingerprint density at radius 2 is 1.96 bits per heavy atom. The van der Waals surface area contributed by atoms with Crippen LogP contribution in [0.1, 0.15) is 25.7 Å². The van der Waals surface area contributed by atoms with Crippen molar-refractivity contribution in [1.29, 1.82) is 0 Å². The SMILES string of the molecule is COC[C@@H]1CCCN1C[C@@H]1CN2CC[C@H]1C[C@@H]2CNS(=O)(=O)c1ccccc1. The lowest BCUT2D eigenvalue weighted by molar-refractivity contribution is -0.0156. The topological polar surface area (TPSA) is 61.9 Å². The molecule has 156 valence electrons. The minimum absolute atomic E-state index is 0.321. The Hall–Kier alpha value is -0.990. The molecule has 4 heterocycles. The van der Waals surface area contributed by atoms with Gasteiger partial charge in [0.1, 0.15) is 0 Å². The van der Waals surface area contributed by atoms with Gasteiger partial charge in [-0.15, -0.1) is 0 Å². The van der Waals surface area contributed by atoms with Crippen LogP contribution in [0, 0.1) is 11.8 Å². The first-order chi connectivity index (χ1) is 13.6. The van der Waals surface area contributed by atoms with E-state index in [9.17, 15) is 8.42 Å². The van der Waals surface area contributed by atoms with Crippen LogP contribution >= 0.6 is 0 Å². The Morgan fingerprint density at radius 1 is 1.14 bits per heavy atom. The molecule has 1 aromatic carbocycles. The van der Waals surface area contributed by atoms with Crippen molar-refractivity contribution in [2.45, 2.75) is 42.7 Å². The number of fused-ring (bicyclic) bond motifs is 3. The lowest BCUT2D eigenvalue weighted by Gasteiger charge is -2.51. The predicted molar refractivity (Wildman–Crippen MR) is 110 cm³/mol. The van der Waals surface area contributed by atoms with Gasteiger partial charge >= 0.3 is 0 Å². The molecule has 5 atom stereocenters. The van der Waals surface area contributed by atoms with Crippen molar-refractivity contribution in [3.63, 3.8) is 0 Å². The number of sulfonamides is 1. The van der Waals surface area contributed by atoms with E-state index < -0.39 is 10.0 Å². The van der Waals surface area contributed by atoms with Gasteiger partial charge in [-0.05, 0) is 62.7 Å². The van der Waals surface area contributed by atoms with Crippen LogP contribution in [0.4, 0.5) is 0 Å². The molecule has 0 radical (unpaired) electrons. The zero-order valence-electron chi connectivity index (χ0n) is 16.8. The molecule has 0 amide bonds. The molecule has 0 saturated carbocycles. The number of nitrogens with zero attached hydrogens (tertiary/aromatic N) is 2. The van der Waals surface area contributed by atoms with Crippen LogP contribution in [0.2, 0.25) is 0 Å². The zero-order valence-corrected chi connectivity index (χ0v) is 17.6. The molecular weight excluding hydrogens is 374 g/mol. The minimum atomic E-state index is -3.42. The summed E-state index contributed by atoms with van der Waals surface area (Å²) in [5, 5.41) is 0. The van der Waals surface area contributed by atoms with Crippen LogP contribution in [0.25, 0.3) is 0 Å². The van der Waals surface area contributed by atoms with Crippen LogP contribution in [-0.4, -0.2) is 76.7 Å². The molecule has 6 nitrogen and oxygen atoms in total. The number of nitrogens with one attached hydrogen (secondary N) is 1. The highest BCUT2D eigenvalue weighted by molar-refractivity contribution is 7.89. The number of methoxy groups -OCH3 is 1. The number of piperidine rings is 3. The fourth-order valence-corrected chi connectivity index (χ4v) is 6.47. The lowest BCUT2D eigenvalue weighted by Crippen LogP contribution is -2.58. The number of rotatable bonds is 8. The van der Waals surface area contributed by atoms with Gasteiger partial charge in [-0.25, -0.2) is 13.1 Å². The largest absolute Gasteiger partial charge is 0.383 e. The number of likely N-dealkylation sites (tertiary alicyclic amines) is 1. The Morgan fingerprint density at radius 3 is 2.68 bits per heavy atom. The summed E-state index contributed by atoms with van der Waals surface area (Å²) >= 11 is 0. The number of hydrogen-bond donors (Lipinski definition) is 1. The van der Waals surface area contributed by atoms with E-state index in [-0.39, 0.29) is 0 Å². The Labute approximate surface area is 169 Å². The van der Waals surface area contributed by atoms with Gasteiger partial charge in [0, 0.05) is 38.8 Å². The van der Waals surface area contributed by atoms with Gasteiger partial charge in [0.25, 0.3) is 0 Å². The van der Waals surface area contributed by atoms with Gasteiger partial charge in [-0.2, -0.15) is 0 Å². The first-order valence-electron chi connectivity index (χ1n) is 10.6. The number of benzene rings is 1. The smallest absolute Gasteiger partial charge is 0.240 e. The maximum absolute atomic E-state index is 12.5. The monoisotopic (exact) mass is 407 g/mol. The minimum Gasteiger partial charge on any atom is -0.383 e. The second kappa shape index (κ2) is 8.79. The van der Waals surface area contributed by atoms with Gasteiger partial charge in [-0.1, -0.05) is 18.2 Å². The Balaban J connectivity index is 1.32. The van der Waals surface area contributed by atoms with Crippen LogP contribution in [0.3, 0.4) is 0 Å². The summed E-state index contributed by atoms with van der Waals surface area (Å²) in [4.78, 5) is 5.49. The highest BCUT2D eigenvalue weighted by Crippen LogP contribution is 2.37. The second-order valence-electron chi connectivity index (χ2n) is 8.60. The molecule has 5 rings (SSSR count). The molecular formula is C21H33N3O3S. The van der Waals surface area contributed by atoms with Crippen molar-refractivity contribution < 1.29 is 13.2 Å². The van der Waals surface area contributed by atoms with E-state index in [0.29, 0.717) is 35.4 Å². The molecule has 1 aromatic rings. The Kier molecular flexibility index (Phi) is 6.37. The highest BCUT2D eigenvalue weighted by atomic mass is 32.2. The van der Waals surface area contributed by atoms with Crippen molar-refractivity contribution in [3.05, 3.63) is 30.3 Å². The van der Waals surface area contributed by atoms with E-state index in [4.69, 9.17) is 4.74 Å². The summed E-state index contributed by atoms with van der Waals surface area (Å²) in [5.41, 5.74) is 0. The van der Waals surface area contributed by atoms with Crippen molar-refractivity contribution in [3.8, 4) is 0 Å². The summed E-state index contributed by atoms with van der Waals surface area (Å²) < 4.78 is 33.3. The first-order valence-corrected chi connectivity index (χ1v) is 12.1. The summed E-state index contributed by atoms with van der Waals surface area (Å²) in [6.45, 7) is 5.90. The summed E-state index contributed by atoms with van der Waals surface area (Å²) in [6, 6.07) is 9.57. The molecule has 0 aliphatic carbocycles. The molecule has 4 aliphatic rings. The fourth-order valence-electron chi connectivity index (χ4n) is 5.38. The molecule has 1 N–H and O–H groups in total. The van der Waals surface area contributed by atoms with E-state index in [2.05, 4.69) is 14.5 Å². The summed E-state index contributed by atoms with van der Waals surface area (Å²) in [6.07, 6.45) is 4.87. The molecule has 7 heteroatoms. The molecule has 28 heavy (non-hydrogen) atoms. The summed E-state index contributed by atoms with van der Waals surface area (Å²) in [5.74, 6) is 1.41. The van der Waals surface area contributed by atoms with Gasteiger partial charge in [0.05, 0.1) is 11.5 Å². The van der Waals surface area contributed by atoms with Crippen LogP contribution in [0.15, 0.2) is 35.2 Å². The number of hydrogen-bond acceptors (Lipinski definition) is 5. The van der Waals surface area contributed by atoms with Gasteiger partial charge in [0.15, 0.2) is 0 Å². The molecule has 4 saturated heterocycles. The molecule has 0 spiro atoms. The quantitative estimate of drug-likeness (QED) is 0.712. The summed E-state index contributed by atoms with van der Waals surface area (Å²) in [7, 11) is -1.62. The third kappa shape index (κ3) is 4.44. The van der Waals surface area contributed by atoms with Crippen LogP contribution in [-0.2, 0) is 14.8 Å². The van der Waals surface area contributed by atoms with Crippen LogP contribution < -0.4 is 4.72 Å². The highest BCUT2D eigenvalue weighted by Gasteiger charge is 2.41. The predicted octanol–water partition coefficient (Wildman–Crippen LogP) is 1.79. The standard InChI is InChI=1S/C21H33N3O3S/c1-27-16-19-6-5-10-23(19)14-18-15-24-11-9-17(18)12-20(24)13-22-28(25,26)21-7-3-2-4-8-21/h2-4,7-8,17-20,22H,5-6,9-16H2,1H3/t17-,18+,19-,20+/m0/s1. The van der Waals surface area contributed by atoms with E-state index in [1.54, 1.807) is 31.4 Å². The Bertz CT molecular complexity index is 743. The molecule has 2 bridgehead atoms. The van der Waals surface area contributed by atoms with Gasteiger partial charge in [0.2, 0.25) is 10.0 Å². The lowest BCUT2D eigenvalue weighted by atomic mass is 9.75. The van der Waals surface area contributed by atoms with Gasteiger partial charge < -0.3 is 4.74 Å². The van der Waals surface area contributed by atoms with Crippen LogP contribution in [0.5, 0.6) is 0 Å². The number of ether oxygens (including phenoxy) is 1. The van der Waals surface area contributed by atoms with Gasteiger partial charge in [-0.3, -0.25) is 9.80 Å². The third-order valence-electron chi connectivity index (χ3n) is 6.90. The molecule has 1 unspecified atom stereocenters. The van der Waals surface area contributed by atoms with Crippen molar-refractivity contribution in [1.82, 2.24) is 14.5 Å². The third-order valence-corrected chi connectivity index (χ3v) is 8.34. The average Bonchev–Trinajstić information content (AvgIpc) is 3.15. The maximum atomic E-state index is 12.5. The maximum Gasteiger partial charge on any atom is 0.240 e.